The van der Waals surface area contributed by atoms with Crippen LogP contribution in [0.5, 0.6) is 5.75 Å². The summed E-state index contributed by atoms with van der Waals surface area (Å²) in [6.07, 6.45) is 0.474. The maximum Gasteiger partial charge on any atom is 0.328 e. The number of rotatable bonds is 6. The Kier molecular flexibility index (Phi) is 6.03. The van der Waals surface area contributed by atoms with E-state index >= 15 is 0 Å². The Morgan fingerprint density at radius 3 is 2.60 bits per heavy atom. The number of hydrogen-bond donors (Lipinski definition) is 1. The van der Waals surface area contributed by atoms with Gasteiger partial charge >= 0.3 is 5.97 Å². The Balaban J connectivity index is 2.54. The Bertz CT molecular complexity index is 485. The number of carbonyl (C=O) groups is 2. The molecule has 0 saturated carbocycles. The fourth-order valence-corrected chi connectivity index (χ4v) is 1.71. The third kappa shape index (κ3) is 4.57. The number of hydrogen-bond acceptors (Lipinski definition) is 4. The van der Waals surface area contributed by atoms with E-state index in [0.29, 0.717) is 12.2 Å². The van der Waals surface area contributed by atoms with E-state index in [1.807, 2.05) is 32.0 Å². The first-order valence-corrected chi connectivity index (χ1v) is 6.55. The van der Waals surface area contributed by atoms with Crippen LogP contribution in [0.15, 0.2) is 18.2 Å². The molecule has 1 atom stereocenters. The highest BCUT2D eigenvalue weighted by Gasteiger charge is 2.19. The molecule has 0 bridgehead atoms. The molecular weight excluding hydrogens is 258 g/mol. The molecule has 0 aliphatic heterocycles. The van der Waals surface area contributed by atoms with Crippen molar-refractivity contribution in [3.05, 3.63) is 29.3 Å². The van der Waals surface area contributed by atoms with Crippen molar-refractivity contribution in [3.8, 4) is 5.75 Å². The topological polar surface area (TPSA) is 64.6 Å². The van der Waals surface area contributed by atoms with Crippen molar-refractivity contribution < 1.29 is 19.1 Å². The van der Waals surface area contributed by atoms with E-state index in [1.165, 1.54) is 7.11 Å². The number of nitrogens with one attached hydrogen (secondary N) is 1. The van der Waals surface area contributed by atoms with Gasteiger partial charge in [-0.1, -0.05) is 19.1 Å². The lowest BCUT2D eigenvalue weighted by Gasteiger charge is -2.15. The molecule has 0 fully saturated rings. The molecule has 1 aromatic carbocycles. The highest BCUT2D eigenvalue weighted by molar-refractivity contribution is 5.85. The van der Waals surface area contributed by atoms with Gasteiger partial charge in [-0.2, -0.15) is 0 Å². The van der Waals surface area contributed by atoms with Gasteiger partial charge in [0.15, 0.2) is 6.61 Å². The van der Waals surface area contributed by atoms with Crippen LogP contribution in [-0.4, -0.2) is 31.6 Å². The fraction of sp³-hybridized carbons (Fsp3) is 0.467. The maximum atomic E-state index is 11.8. The first-order chi connectivity index (χ1) is 9.47. The molecule has 20 heavy (non-hydrogen) atoms. The molecule has 0 aliphatic carbocycles. The molecule has 110 valence electrons. The molecule has 1 aromatic rings. The van der Waals surface area contributed by atoms with E-state index in [4.69, 9.17) is 4.74 Å². The second-order valence-corrected chi connectivity index (χ2v) is 4.61. The van der Waals surface area contributed by atoms with Gasteiger partial charge in [-0.3, -0.25) is 4.79 Å². The second kappa shape index (κ2) is 7.53. The number of aryl methyl sites for hydroxylation is 2. The fourth-order valence-electron chi connectivity index (χ4n) is 1.71. The van der Waals surface area contributed by atoms with E-state index in [9.17, 15) is 9.59 Å². The van der Waals surface area contributed by atoms with Crippen molar-refractivity contribution >= 4 is 11.9 Å². The first kappa shape index (κ1) is 16.0. The summed E-state index contributed by atoms with van der Waals surface area (Å²) in [7, 11) is 1.30. The Hall–Kier alpha value is -2.04. The zero-order chi connectivity index (χ0) is 15.1. The molecule has 1 rings (SSSR count). The highest BCUT2D eigenvalue weighted by atomic mass is 16.5. The van der Waals surface area contributed by atoms with Gasteiger partial charge < -0.3 is 14.8 Å². The summed E-state index contributed by atoms with van der Waals surface area (Å²) in [5, 5.41) is 2.58. The average Bonchev–Trinajstić information content (AvgIpc) is 2.44. The van der Waals surface area contributed by atoms with E-state index in [1.54, 1.807) is 6.92 Å². The van der Waals surface area contributed by atoms with Crippen molar-refractivity contribution in [3.63, 3.8) is 0 Å². The minimum absolute atomic E-state index is 0.127. The van der Waals surface area contributed by atoms with Gasteiger partial charge in [-0.15, -0.1) is 0 Å². The van der Waals surface area contributed by atoms with Crippen molar-refractivity contribution in [2.45, 2.75) is 33.2 Å². The van der Waals surface area contributed by atoms with Crippen LogP contribution in [-0.2, 0) is 14.3 Å². The Morgan fingerprint density at radius 1 is 1.30 bits per heavy atom. The molecule has 0 heterocycles. The molecule has 1 unspecified atom stereocenters. The van der Waals surface area contributed by atoms with Crippen molar-refractivity contribution in [2.75, 3.05) is 13.7 Å². The van der Waals surface area contributed by atoms with Crippen LogP contribution in [0.4, 0.5) is 0 Å². The number of benzene rings is 1. The zero-order valence-electron chi connectivity index (χ0n) is 12.4. The van der Waals surface area contributed by atoms with Gasteiger partial charge in [-0.25, -0.2) is 4.79 Å². The molecule has 1 amide bonds. The molecule has 5 nitrogen and oxygen atoms in total. The minimum Gasteiger partial charge on any atom is -0.483 e. The standard InChI is InChI=1S/C15H21NO4/c1-5-12(15(18)19-4)16-14(17)9-20-13-8-10(2)6-7-11(13)3/h6-8,12H,5,9H2,1-4H3,(H,16,17). The van der Waals surface area contributed by atoms with Gasteiger partial charge in [0.2, 0.25) is 0 Å². The third-order valence-electron chi connectivity index (χ3n) is 2.93. The van der Waals surface area contributed by atoms with E-state index in [-0.39, 0.29) is 12.5 Å². The summed E-state index contributed by atoms with van der Waals surface area (Å²) in [6.45, 7) is 5.54. The Morgan fingerprint density at radius 2 is 2.00 bits per heavy atom. The van der Waals surface area contributed by atoms with Gasteiger partial charge in [0.25, 0.3) is 5.91 Å². The smallest absolute Gasteiger partial charge is 0.328 e. The van der Waals surface area contributed by atoms with Crippen LogP contribution < -0.4 is 10.1 Å². The number of amides is 1. The van der Waals surface area contributed by atoms with Crippen LogP contribution in [0.2, 0.25) is 0 Å². The van der Waals surface area contributed by atoms with Crippen LogP contribution in [0.3, 0.4) is 0 Å². The summed E-state index contributed by atoms with van der Waals surface area (Å²) < 4.78 is 10.1. The van der Waals surface area contributed by atoms with Crippen LogP contribution in [0.1, 0.15) is 24.5 Å². The highest BCUT2D eigenvalue weighted by Crippen LogP contribution is 2.18. The summed E-state index contributed by atoms with van der Waals surface area (Å²) in [6, 6.07) is 5.16. The zero-order valence-corrected chi connectivity index (χ0v) is 12.4. The second-order valence-electron chi connectivity index (χ2n) is 4.61. The number of methoxy groups -OCH3 is 1. The number of esters is 1. The third-order valence-corrected chi connectivity index (χ3v) is 2.93. The van der Waals surface area contributed by atoms with Crippen molar-refractivity contribution in [1.29, 1.82) is 0 Å². The maximum absolute atomic E-state index is 11.8. The van der Waals surface area contributed by atoms with E-state index in [0.717, 1.165) is 11.1 Å². The first-order valence-electron chi connectivity index (χ1n) is 6.55. The quantitative estimate of drug-likeness (QED) is 0.806. The lowest BCUT2D eigenvalue weighted by Crippen LogP contribution is -2.43. The van der Waals surface area contributed by atoms with E-state index < -0.39 is 12.0 Å². The van der Waals surface area contributed by atoms with Crippen LogP contribution in [0.25, 0.3) is 0 Å². The summed E-state index contributed by atoms with van der Waals surface area (Å²) in [5.41, 5.74) is 2.02. The summed E-state index contributed by atoms with van der Waals surface area (Å²) in [4.78, 5) is 23.1. The largest absolute Gasteiger partial charge is 0.483 e. The van der Waals surface area contributed by atoms with E-state index in [2.05, 4.69) is 10.1 Å². The van der Waals surface area contributed by atoms with Crippen LogP contribution >= 0.6 is 0 Å². The van der Waals surface area contributed by atoms with Gasteiger partial charge in [0.05, 0.1) is 7.11 Å². The molecule has 1 N–H and O–H groups in total. The monoisotopic (exact) mass is 279 g/mol. The molecule has 0 radical (unpaired) electrons. The molecule has 0 saturated heterocycles. The summed E-state index contributed by atoms with van der Waals surface area (Å²) >= 11 is 0. The molecule has 0 spiro atoms. The van der Waals surface area contributed by atoms with Crippen molar-refractivity contribution in [2.24, 2.45) is 0 Å². The normalized spacial score (nSPS) is 11.6. The predicted molar refractivity (Wildman–Crippen MR) is 75.6 cm³/mol. The number of carbonyl (C=O) groups excluding carboxylic acids is 2. The van der Waals surface area contributed by atoms with Crippen LogP contribution in [0, 0.1) is 13.8 Å². The minimum atomic E-state index is -0.630. The average molecular weight is 279 g/mol. The Labute approximate surface area is 119 Å². The lowest BCUT2D eigenvalue weighted by molar-refractivity contribution is -0.145. The number of ether oxygens (including phenoxy) is 2. The molecular formula is C15H21NO4. The summed E-state index contributed by atoms with van der Waals surface area (Å²) in [5.74, 6) is -0.123. The predicted octanol–water partition coefficient (Wildman–Crippen LogP) is 1.75. The molecule has 5 heteroatoms. The van der Waals surface area contributed by atoms with Gasteiger partial charge in [0.1, 0.15) is 11.8 Å². The lowest BCUT2D eigenvalue weighted by atomic mass is 10.1. The molecule has 0 aromatic heterocycles. The van der Waals surface area contributed by atoms with Crippen molar-refractivity contribution in [1.82, 2.24) is 5.32 Å². The molecule has 0 aliphatic rings. The SMILES string of the molecule is CCC(NC(=O)COc1cc(C)ccc1C)C(=O)OC. The van der Waals surface area contributed by atoms with Gasteiger partial charge in [-0.05, 0) is 37.5 Å². The van der Waals surface area contributed by atoms with Gasteiger partial charge in [0, 0.05) is 0 Å².